The molecule has 0 saturated carbocycles. The van der Waals surface area contributed by atoms with Crippen molar-refractivity contribution in [2.45, 2.75) is 152 Å². The number of aliphatic hydroxyl groups is 6. The highest BCUT2D eigenvalue weighted by Crippen LogP contribution is 2.23. The van der Waals surface area contributed by atoms with Crippen LogP contribution in [0.2, 0.25) is 0 Å². The molecule has 3 aliphatic heterocycles. The third-order valence-corrected chi connectivity index (χ3v) is 9.37. The van der Waals surface area contributed by atoms with Crippen LogP contribution in [0.5, 0.6) is 0 Å². The number of aliphatic hydroxyl groups excluding tert-OH is 6. The Morgan fingerprint density at radius 1 is 0.593 bits per heavy atom. The first-order chi connectivity index (χ1) is 25.6. The maximum Gasteiger partial charge on any atom is 0.333 e. The molecule has 6 N–H and O–H groups in total. The lowest BCUT2D eigenvalue weighted by Gasteiger charge is -2.38. The molecule has 19 nitrogen and oxygen atoms in total. The number of rotatable bonds is 24. The lowest BCUT2D eigenvalue weighted by molar-refractivity contribution is -0.293. The highest BCUT2D eigenvalue weighted by atomic mass is 16.7. The van der Waals surface area contributed by atoms with Crippen molar-refractivity contribution in [1.29, 1.82) is 0 Å². The van der Waals surface area contributed by atoms with Gasteiger partial charge in [0.25, 0.3) is 11.8 Å². The van der Waals surface area contributed by atoms with E-state index < -0.39 is 79.2 Å². The van der Waals surface area contributed by atoms with Crippen molar-refractivity contribution in [2.75, 3.05) is 32.8 Å². The fraction of sp³-hybridized carbons (Fsp3) is 0.829. The van der Waals surface area contributed by atoms with Gasteiger partial charge in [0.1, 0.15) is 54.0 Å². The Morgan fingerprint density at radius 3 is 1.41 bits per heavy atom. The second-order valence-electron chi connectivity index (χ2n) is 14.0. The van der Waals surface area contributed by atoms with Crippen molar-refractivity contribution in [1.82, 2.24) is 9.96 Å². The normalized spacial score (nSPS) is 30.2. The highest BCUT2D eigenvalue weighted by molar-refractivity contribution is 6.01. The van der Waals surface area contributed by atoms with Crippen LogP contribution in [0.4, 0.5) is 0 Å². The number of hydrogen-bond donors (Lipinski definition) is 6. The van der Waals surface area contributed by atoms with Crippen LogP contribution in [-0.2, 0) is 52.6 Å². The summed E-state index contributed by atoms with van der Waals surface area (Å²) in [7, 11) is 0. The zero-order chi connectivity index (χ0) is 39.9. The fourth-order valence-electron chi connectivity index (χ4n) is 6.14. The molecule has 54 heavy (non-hydrogen) atoms. The second-order valence-corrected chi connectivity index (χ2v) is 14.0. The van der Waals surface area contributed by atoms with Crippen LogP contribution >= 0.6 is 0 Å². The van der Waals surface area contributed by atoms with E-state index in [1.165, 1.54) is 18.7 Å². The van der Waals surface area contributed by atoms with E-state index >= 15 is 0 Å². The molecule has 0 aromatic carbocycles. The minimum atomic E-state index is -1.48. The minimum absolute atomic E-state index is 0.00396. The number of imide groups is 1. The van der Waals surface area contributed by atoms with Gasteiger partial charge < -0.3 is 54.4 Å². The van der Waals surface area contributed by atoms with Gasteiger partial charge in [-0.15, -0.1) is 5.06 Å². The third kappa shape index (κ3) is 14.4. The van der Waals surface area contributed by atoms with E-state index in [1.807, 2.05) is 0 Å². The van der Waals surface area contributed by atoms with E-state index in [1.54, 1.807) is 0 Å². The van der Waals surface area contributed by atoms with Crippen molar-refractivity contribution < 1.29 is 83.2 Å². The summed E-state index contributed by atoms with van der Waals surface area (Å²) >= 11 is 0. The molecule has 3 saturated heterocycles. The maximum atomic E-state index is 12.9. The van der Waals surface area contributed by atoms with Gasteiger partial charge >= 0.3 is 5.97 Å². The zero-order valence-corrected chi connectivity index (χ0v) is 30.9. The molecular weight excluding hydrogens is 720 g/mol. The summed E-state index contributed by atoms with van der Waals surface area (Å²) < 4.78 is 21.7. The predicted octanol–water partition coefficient (Wildman–Crippen LogP) is -1.81. The average Bonchev–Trinajstić information content (AvgIpc) is 3.44. The highest BCUT2D eigenvalue weighted by Gasteiger charge is 2.43. The van der Waals surface area contributed by atoms with Crippen LogP contribution in [0, 0.1) is 0 Å². The molecular formula is C35H56N2O17. The van der Waals surface area contributed by atoms with E-state index in [-0.39, 0.29) is 102 Å². The topological polar surface area (TPSA) is 276 Å². The molecule has 19 heteroatoms. The second kappa shape index (κ2) is 22.7. The van der Waals surface area contributed by atoms with Gasteiger partial charge in [-0.1, -0.05) is 12.8 Å². The van der Waals surface area contributed by atoms with Gasteiger partial charge in [0.2, 0.25) is 0 Å². The molecule has 2 amide bonds. The van der Waals surface area contributed by atoms with E-state index in [0.29, 0.717) is 30.7 Å². The molecule has 3 heterocycles. The van der Waals surface area contributed by atoms with Gasteiger partial charge in [0.05, 0.1) is 45.1 Å². The smallest absolute Gasteiger partial charge is 0.333 e. The third-order valence-electron chi connectivity index (χ3n) is 9.37. The van der Waals surface area contributed by atoms with Crippen LogP contribution in [0.25, 0.3) is 0 Å². The predicted molar refractivity (Wildman–Crippen MR) is 181 cm³/mol. The van der Waals surface area contributed by atoms with Crippen molar-refractivity contribution in [3.8, 4) is 0 Å². The van der Waals surface area contributed by atoms with Crippen LogP contribution in [0.3, 0.4) is 0 Å². The van der Waals surface area contributed by atoms with Crippen molar-refractivity contribution in [3.63, 3.8) is 0 Å². The minimum Gasteiger partial charge on any atom is -0.388 e. The van der Waals surface area contributed by atoms with E-state index in [4.69, 9.17) is 23.8 Å². The molecule has 0 spiro atoms. The SMILES string of the molecule is C[C@@H]1O[C@H](OCCCC(=O)CN(CC(=O)CCCCCCC(=O)ON2C(=O)CCC2=O)CC(=O)CCCO[C@H]2O[C@@H](C)[C@@H](O)[C@@H](O)[C@@H]2O)[C@@H](O)[C@H](O)[C@@H]1O. The van der Waals surface area contributed by atoms with Gasteiger partial charge in [-0.2, -0.15) is 0 Å². The molecule has 308 valence electrons. The first-order valence-corrected chi connectivity index (χ1v) is 18.6. The number of carbonyl (C=O) groups excluding carboxylic acids is 6. The zero-order valence-electron chi connectivity index (χ0n) is 30.9. The summed E-state index contributed by atoms with van der Waals surface area (Å²) in [4.78, 5) is 80.1. The first-order valence-electron chi connectivity index (χ1n) is 18.6. The fourth-order valence-corrected chi connectivity index (χ4v) is 6.14. The quantitative estimate of drug-likeness (QED) is 0.0466. The van der Waals surface area contributed by atoms with E-state index in [9.17, 15) is 59.4 Å². The standard InChI is InChI=1S/C35H56N2O17/c1-20-28(44)30(46)32(48)34(52-20)50-15-7-10-23(39)18-36(19-24(40)11-8-16-51-35-33(49)31(47)29(45)21(2)53-35)17-22(38)9-5-3-4-6-12-27(43)54-37-25(41)13-14-26(37)42/h20-21,28-35,44-49H,3-19H2,1-2H3/t20-,21-,28+,29+,30+,31+,32-,33-,34-,35-/m0/s1. The number of hydroxylamine groups is 2. The van der Waals surface area contributed by atoms with Crippen LogP contribution in [0.15, 0.2) is 0 Å². The molecule has 0 aliphatic carbocycles. The Kier molecular flexibility index (Phi) is 19.1. The summed E-state index contributed by atoms with van der Waals surface area (Å²) in [5.41, 5.74) is 0. The molecule has 3 aliphatic rings. The number of ketones is 3. The Labute approximate surface area is 313 Å². The van der Waals surface area contributed by atoms with Crippen molar-refractivity contribution in [3.05, 3.63) is 0 Å². The van der Waals surface area contributed by atoms with Crippen LogP contribution < -0.4 is 0 Å². The number of amides is 2. The molecule has 0 aromatic heterocycles. The summed E-state index contributed by atoms with van der Waals surface area (Å²) in [6.45, 7) is 2.42. The lowest BCUT2D eigenvalue weighted by atomic mass is 10.00. The number of unbranched alkanes of at least 4 members (excludes halogenated alkanes) is 3. The van der Waals surface area contributed by atoms with Crippen molar-refractivity contribution in [2.24, 2.45) is 0 Å². The number of ether oxygens (including phenoxy) is 4. The van der Waals surface area contributed by atoms with Gasteiger partial charge in [-0.25, -0.2) is 4.79 Å². The van der Waals surface area contributed by atoms with Crippen molar-refractivity contribution >= 4 is 35.1 Å². The summed E-state index contributed by atoms with van der Waals surface area (Å²) in [6.07, 6.45) is -9.70. The molecule has 10 atom stereocenters. The molecule has 0 unspecified atom stereocenters. The lowest BCUT2D eigenvalue weighted by Crippen LogP contribution is -2.57. The van der Waals surface area contributed by atoms with Crippen LogP contribution in [-0.4, -0.2) is 170 Å². The summed E-state index contributed by atoms with van der Waals surface area (Å²) in [6, 6.07) is 0. The first kappa shape index (κ1) is 45.6. The monoisotopic (exact) mass is 776 g/mol. The van der Waals surface area contributed by atoms with E-state index in [0.717, 1.165) is 0 Å². The summed E-state index contributed by atoms with van der Waals surface area (Å²) in [5, 5.41) is 60.3. The Bertz CT molecular complexity index is 1200. The average molecular weight is 777 g/mol. The number of nitrogens with zero attached hydrogens (tertiary/aromatic N) is 2. The molecule has 0 bridgehead atoms. The molecule has 3 fully saturated rings. The van der Waals surface area contributed by atoms with E-state index in [2.05, 4.69) is 0 Å². The molecule has 0 radical (unpaired) electrons. The van der Waals surface area contributed by atoms with Gasteiger partial charge in [0.15, 0.2) is 12.6 Å². The largest absolute Gasteiger partial charge is 0.388 e. The van der Waals surface area contributed by atoms with Gasteiger partial charge in [-0.05, 0) is 39.5 Å². The molecule has 3 rings (SSSR count). The summed E-state index contributed by atoms with van der Waals surface area (Å²) in [5.74, 6) is -2.57. The molecule has 0 aromatic rings. The van der Waals surface area contributed by atoms with Gasteiger partial charge in [0, 0.05) is 38.5 Å². The number of carbonyl (C=O) groups is 6. The number of Topliss-reactive ketones (excluding diaryl/α,β-unsaturated/α-hetero) is 3. The number of hydrogen-bond acceptors (Lipinski definition) is 18. The Morgan fingerprint density at radius 2 is 0.981 bits per heavy atom. The Hall–Kier alpha value is -2.82. The van der Waals surface area contributed by atoms with Gasteiger partial charge in [-0.3, -0.25) is 28.9 Å². The Balaban J connectivity index is 1.41. The maximum absolute atomic E-state index is 12.9. The van der Waals surface area contributed by atoms with Crippen LogP contribution in [0.1, 0.15) is 90.9 Å².